The van der Waals surface area contributed by atoms with E-state index in [-0.39, 0.29) is 11.8 Å². The van der Waals surface area contributed by atoms with Gasteiger partial charge >= 0.3 is 0 Å². The number of anilines is 1. The fourth-order valence-electron chi connectivity index (χ4n) is 10.2. The maximum atomic E-state index is 10.2. The number of nitriles is 2. The third-order valence-corrected chi connectivity index (χ3v) is 12.4. The van der Waals surface area contributed by atoms with Gasteiger partial charge in [-0.15, -0.1) is 0 Å². The smallest absolute Gasteiger partial charge is 0.0991 e. The lowest BCUT2D eigenvalue weighted by Gasteiger charge is -2.45. The van der Waals surface area contributed by atoms with Crippen LogP contribution in [0, 0.1) is 61.2 Å². The van der Waals surface area contributed by atoms with E-state index in [9.17, 15) is 10.5 Å². The van der Waals surface area contributed by atoms with Crippen LogP contribution >= 0.6 is 0 Å². The van der Waals surface area contributed by atoms with Crippen LogP contribution in [0.15, 0.2) is 109 Å². The molecule has 0 amide bonds. The van der Waals surface area contributed by atoms with E-state index in [0.29, 0.717) is 29.0 Å². The summed E-state index contributed by atoms with van der Waals surface area (Å²) in [6.07, 6.45) is 1.25. The van der Waals surface area contributed by atoms with Gasteiger partial charge in [-0.2, -0.15) is 10.5 Å². The van der Waals surface area contributed by atoms with Crippen molar-refractivity contribution < 1.29 is 0 Å². The summed E-state index contributed by atoms with van der Waals surface area (Å²) in [5.41, 5.74) is 17.4. The third kappa shape index (κ3) is 5.08. The van der Waals surface area contributed by atoms with Gasteiger partial charge in [-0.05, 0) is 121 Å². The Morgan fingerprint density at radius 2 is 1.30 bits per heavy atom. The Morgan fingerprint density at radius 3 is 1.92 bits per heavy atom. The molecule has 9 rings (SSSR count). The number of fused-ring (bicyclic) bond motifs is 6. The van der Waals surface area contributed by atoms with Gasteiger partial charge in [0.1, 0.15) is 0 Å². The van der Waals surface area contributed by atoms with Gasteiger partial charge in [-0.3, -0.25) is 0 Å². The fraction of sp³-hybridized carbons (Fsp3) is 0.265. The standard InChI is InChI=1S/C49H44N4/c1-28-13-16-42-40(21-28)41-22-31(4)48(41)52(42)27-32(5)45-33(6)46(36-11-7-9-34(23-36)25-50)49(47(45)37-12-8-10-35(24-37)26-51)53-43-17-14-29(2)19-38(43)39-20-30(3)15-18-44(39)53/h7-21,23-24,31-33,41,48H,22,27H2,1-6H3/t31?,32-,33?,41?,48+/m1/s1. The molecule has 1 aliphatic heterocycles. The minimum Gasteiger partial charge on any atom is -0.367 e. The van der Waals surface area contributed by atoms with Gasteiger partial charge in [0, 0.05) is 46.5 Å². The molecule has 4 heteroatoms. The van der Waals surface area contributed by atoms with Crippen LogP contribution in [0.5, 0.6) is 0 Å². The Kier molecular flexibility index (Phi) is 7.72. The van der Waals surface area contributed by atoms with Gasteiger partial charge in [-0.25, -0.2) is 0 Å². The Hall–Kier alpha value is -5.84. The van der Waals surface area contributed by atoms with Gasteiger partial charge in [0.15, 0.2) is 0 Å². The van der Waals surface area contributed by atoms with Gasteiger partial charge in [-0.1, -0.05) is 86.0 Å². The predicted octanol–water partition coefficient (Wildman–Crippen LogP) is 11.6. The van der Waals surface area contributed by atoms with E-state index in [1.54, 1.807) is 0 Å². The first-order chi connectivity index (χ1) is 25.7. The number of aromatic nitrogens is 1. The van der Waals surface area contributed by atoms with E-state index in [2.05, 4.69) is 142 Å². The Labute approximate surface area is 312 Å². The number of hydrogen-bond donors (Lipinski definition) is 0. The number of hydrogen-bond acceptors (Lipinski definition) is 3. The first-order valence-corrected chi connectivity index (χ1v) is 19.1. The highest BCUT2D eigenvalue weighted by molar-refractivity contribution is 6.21. The second-order valence-electron chi connectivity index (χ2n) is 16.0. The molecule has 260 valence electrons. The van der Waals surface area contributed by atoms with Crippen molar-refractivity contribution in [3.8, 4) is 12.1 Å². The molecule has 0 saturated heterocycles. The molecule has 0 spiro atoms. The van der Waals surface area contributed by atoms with E-state index in [0.717, 1.165) is 34.4 Å². The Morgan fingerprint density at radius 1 is 0.717 bits per heavy atom. The molecule has 5 atom stereocenters. The van der Waals surface area contributed by atoms with Crippen LogP contribution in [-0.2, 0) is 0 Å². The second-order valence-corrected chi connectivity index (χ2v) is 16.0. The predicted molar refractivity (Wildman–Crippen MR) is 218 cm³/mol. The molecule has 4 nitrogen and oxygen atoms in total. The molecule has 3 aliphatic rings. The maximum absolute atomic E-state index is 10.2. The van der Waals surface area contributed by atoms with Crippen molar-refractivity contribution in [2.24, 2.45) is 17.8 Å². The number of allylic oxidation sites excluding steroid dienone is 3. The summed E-state index contributed by atoms with van der Waals surface area (Å²) in [6, 6.07) is 42.3. The molecule has 3 unspecified atom stereocenters. The fourth-order valence-corrected chi connectivity index (χ4v) is 10.2. The number of nitrogens with zero attached hydrogens (tertiary/aromatic N) is 4. The molecule has 1 fully saturated rings. The summed E-state index contributed by atoms with van der Waals surface area (Å²) >= 11 is 0. The largest absolute Gasteiger partial charge is 0.367 e. The molecular formula is C49H44N4. The van der Waals surface area contributed by atoms with Crippen LogP contribution in [0.4, 0.5) is 5.69 Å². The summed E-state index contributed by atoms with van der Waals surface area (Å²) < 4.78 is 2.49. The topological polar surface area (TPSA) is 55.8 Å². The Bertz CT molecular complexity index is 2590. The van der Waals surface area contributed by atoms with Crippen molar-refractivity contribution >= 4 is 44.3 Å². The summed E-state index contributed by atoms with van der Waals surface area (Å²) in [6.45, 7) is 14.6. The lowest BCUT2D eigenvalue weighted by atomic mass is 9.69. The van der Waals surface area contributed by atoms with E-state index in [1.165, 1.54) is 61.9 Å². The van der Waals surface area contributed by atoms with E-state index < -0.39 is 0 Å². The van der Waals surface area contributed by atoms with Crippen LogP contribution in [0.25, 0.3) is 38.6 Å². The zero-order valence-corrected chi connectivity index (χ0v) is 31.4. The van der Waals surface area contributed by atoms with Crippen LogP contribution < -0.4 is 4.90 Å². The van der Waals surface area contributed by atoms with Crippen molar-refractivity contribution in [3.05, 3.63) is 153 Å². The highest BCUT2D eigenvalue weighted by Crippen LogP contribution is 2.57. The number of rotatable bonds is 6. The molecule has 0 bridgehead atoms. The molecule has 6 aromatic rings. The van der Waals surface area contributed by atoms with E-state index in [4.69, 9.17) is 0 Å². The normalized spacial score (nSPS) is 21.1. The molecule has 2 aliphatic carbocycles. The zero-order chi connectivity index (χ0) is 36.7. The second kappa shape index (κ2) is 12.4. The first-order valence-electron chi connectivity index (χ1n) is 19.1. The average molecular weight is 689 g/mol. The molecule has 1 aromatic heterocycles. The summed E-state index contributed by atoms with van der Waals surface area (Å²) in [7, 11) is 0. The minimum atomic E-state index is 0.0489. The zero-order valence-electron chi connectivity index (χ0n) is 31.4. The van der Waals surface area contributed by atoms with Crippen molar-refractivity contribution in [3.63, 3.8) is 0 Å². The summed E-state index contributed by atoms with van der Waals surface area (Å²) in [5.74, 6) is 1.48. The van der Waals surface area contributed by atoms with Gasteiger partial charge in [0.05, 0.1) is 40.0 Å². The van der Waals surface area contributed by atoms with Crippen LogP contribution in [0.1, 0.15) is 77.6 Å². The summed E-state index contributed by atoms with van der Waals surface area (Å²) in [5, 5.41) is 22.7. The number of aryl methyl sites for hydroxylation is 3. The lowest BCUT2D eigenvalue weighted by molar-refractivity contribution is 0.231. The van der Waals surface area contributed by atoms with E-state index in [1.807, 2.05) is 24.3 Å². The van der Waals surface area contributed by atoms with Gasteiger partial charge in [0.2, 0.25) is 0 Å². The molecular weight excluding hydrogens is 645 g/mol. The Balaban J connectivity index is 1.33. The quantitative estimate of drug-likeness (QED) is 0.175. The van der Waals surface area contributed by atoms with Crippen molar-refractivity contribution in [2.45, 2.75) is 59.9 Å². The maximum Gasteiger partial charge on any atom is 0.0991 e. The molecule has 2 heterocycles. The molecule has 0 N–H and O–H groups in total. The average Bonchev–Trinajstić information content (AvgIpc) is 3.72. The minimum absolute atomic E-state index is 0.0489. The van der Waals surface area contributed by atoms with Crippen molar-refractivity contribution in [1.29, 1.82) is 10.5 Å². The highest BCUT2D eigenvalue weighted by atomic mass is 15.2. The van der Waals surface area contributed by atoms with Crippen LogP contribution in [0.2, 0.25) is 0 Å². The molecule has 0 radical (unpaired) electrons. The molecule has 1 saturated carbocycles. The van der Waals surface area contributed by atoms with Crippen molar-refractivity contribution in [2.75, 3.05) is 11.4 Å². The molecule has 5 aromatic carbocycles. The lowest BCUT2D eigenvalue weighted by Crippen LogP contribution is -2.48. The monoisotopic (exact) mass is 688 g/mol. The van der Waals surface area contributed by atoms with E-state index >= 15 is 0 Å². The SMILES string of the molecule is Cc1ccc2c(c1)C1CC(C)[C@@H]1N2C[C@@H](C)C1=C(c2cccc(C#N)c2)C(n2c3ccc(C)cc3c3cc(C)ccc32)=C(c2cccc(C#N)c2)C1C. The first kappa shape index (κ1) is 33.0. The number of benzene rings is 5. The summed E-state index contributed by atoms with van der Waals surface area (Å²) in [4.78, 5) is 2.72. The molecule has 53 heavy (non-hydrogen) atoms. The third-order valence-electron chi connectivity index (χ3n) is 12.4. The van der Waals surface area contributed by atoms with Crippen LogP contribution in [-0.4, -0.2) is 17.2 Å². The highest BCUT2D eigenvalue weighted by Gasteiger charge is 2.50. The van der Waals surface area contributed by atoms with Gasteiger partial charge in [0.25, 0.3) is 0 Å². The van der Waals surface area contributed by atoms with Crippen LogP contribution in [0.3, 0.4) is 0 Å². The van der Waals surface area contributed by atoms with Gasteiger partial charge < -0.3 is 9.47 Å². The van der Waals surface area contributed by atoms with Crippen molar-refractivity contribution in [1.82, 2.24) is 4.57 Å².